The van der Waals surface area contributed by atoms with E-state index in [1.807, 2.05) is 11.8 Å². The van der Waals surface area contributed by atoms with E-state index in [4.69, 9.17) is 35.7 Å². The van der Waals surface area contributed by atoms with E-state index in [0.29, 0.717) is 71.1 Å². The molecule has 0 bridgehead atoms. The zero-order valence-electron chi connectivity index (χ0n) is 56.3. The molecule has 5 saturated heterocycles. The maximum absolute atomic E-state index is 11.9. The minimum atomic E-state index is -3.70. The molecule has 0 unspecified atom stereocenters. The van der Waals surface area contributed by atoms with Crippen LogP contribution in [0.1, 0.15) is 138 Å². The van der Waals surface area contributed by atoms with Gasteiger partial charge in [-0.05, 0) is 124 Å². The Morgan fingerprint density at radius 3 is 1.63 bits per heavy atom. The second-order valence-electron chi connectivity index (χ2n) is 25.4. The number of carbonyl (C=O) groups is 5. The molecule has 0 radical (unpaired) electrons. The van der Waals surface area contributed by atoms with Crippen LogP contribution >= 0.6 is 47.8 Å². The number of azide groups is 2. The molecule has 7 aliphatic heterocycles. The highest BCUT2D eigenvalue weighted by Crippen LogP contribution is 2.38. The topological polar surface area (TPSA) is 344 Å². The third-order valence-electron chi connectivity index (χ3n) is 16.7. The van der Waals surface area contributed by atoms with Crippen molar-refractivity contribution >= 4 is 113 Å². The third-order valence-corrected chi connectivity index (χ3v) is 29.0. The molecule has 8 rings (SSSR count). The lowest BCUT2D eigenvalue weighted by Crippen LogP contribution is -2.45. The smallest absolute Gasteiger partial charge is 0.296 e. The first-order valence-corrected chi connectivity index (χ1v) is 40.9. The predicted octanol–water partition coefficient (Wildman–Crippen LogP) is 11.0. The van der Waals surface area contributed by atoms with Crippen LogP contribution in [0.2, 0.25) is 36.3 Å². The molecule has 7 aliphatic rings. The number of nitrogens with zero attached hydrogens (tertiary/aromatic N) is 11. The van der Waals surface area contributed by atoms with Gasteiger partial charge < -0.3 is 44.4 Å². The average molecular weight is 1530 g/mol. The van der Waals surface area contributed by atoms with Gasteiger partial charge in [0.05, 0.1) is 82.3 Å². The fourth-order valence-corrected chi connectivity index (χ4v) is 12.9. The number of likely N-dealkylation sites (tertiary alicyclic amines) is 1. The van der Waals surface area contributed by atoms with E-state index < -0.39 is 43.3 Å². The number of nitrogens with one attached hydrogen (secondary N) is 2. The molecule has 91 heavy (non-hydrogen) atoms. The number of aliphatic hydroxyl groups excluding tert-OH is 2. The van der Waals surface area contributed by atoms with Crippen molar-refractivity contribution in [3.8, 4) is 0 Å². The second kappa shape index (κ2) is 43.9. The van der Waals surface area contributed by atoms with Crippen LogP contribution in [-0.2, 0) is 47.1 Å². The molecule has 0 saturated carbocycles. The number of hydrogen-bond donors (Lipinski definition) is 4. The largest absolute Gasteiger partial charge is 0.415 e. The number of aliphatic imine (C=N–C) groups is 2. The molecular formula is C59H103Br3FN13O12SSi2. The number of alkyl halides is 2. The quantitative estimate of drug-likeness (QED) is 0.0109. The lowest BCUT2D eigenvalue weighted by Gasteiger charge is -2.38. The zero-order chi connectivity index (χ0) is 69.7. The normalized spacial score (nSPS) is 20.8. The summed E-state index contributed by atoms with van der Waals surface area (Å²) in [6.45, 7) is 31.5. The van der Waals surface area contributed by atoms with Crippen LogP contribution in [-0.4, -0.2) is 210 Å². The summed E-state index contributed by atoms with van der Waals surface area (Å²) in [6.07, 6.45) is 12.6. The van der Waals surface area contributed by atoms with E-state index in [0.717, 1.165) is 75.1 Å². The maximum Gasteiger partial charge on any atom is 0.296 e. The summed E-state index contributed by atoms with van der Waals surface area (Å²) in [5.74, 6) is 3.01. The third kappa shape index (κ3) is 32.4. The number of aryl methyl sites for hydroxylation is 1. The minimum Gasteiger partial charge on any atom is -0.415 e. The van der Waals surface area contributed by atoms with Gasteiger partial charge in [0.2, 0.25) is 17.7 Å². The van der Waals surface area contributed by atoms with Gasteiger partial charge in [-0.25, -0.2) is 0 Å². The van der Waals surface area contributed by atoms with Gasteiger partial charge in [0, 0.05) is 131 Å². The Hall–Kier alpha value is -3.92. The standard InChI is InChI=1S/C14H28N4O2Si.C11H23NO2Si.C10H13N3O3S.C8H13BrN2.C8H14N2O.C5H9NO2.C2Br2O2.CH3F/c1-14(2,3)21(4,5)20-11-12-7-8-13(19)18(12)10-6-9-16-17-15;1-11(2,3)15(4,5)14-8-9-6-7-10(13)12-9;1-9-3-5-10(6-4-9)17(14,15)16-8-2-7-12-13-11;9-6-7-2-3-8-10-4-1-5-11(7)8;11-6-7-2-3-8-9-4-1-5-10(7)8;7-3-4-1-2-5(8)6-4;3-1(5)2(4)6;1-2/h12H,6-11H2,1-5H3;9H,6-8H2,1-5H3,(H,12,13);3-6H,2,7-8H2,1H3;7H,1-6H2;7,11H,1-6H2;4,7H,1-3H2,(H,6,8);;1H3/t12-;9-;;2*7-;4-;;/m00.000../s1/i;;;;;;;1D. The Morgan fingerprint density at radius 1 is 0.736 bits per heavy atom. The Balaban J connectivity index is 0.000000547. The number of amidine groups is 2. The van der Waals surface area contributed by atoms with Crippen molar-refractivity contribution in [3.05, 3.63) is 50.7 Å². The summed E-state index contributed by atoms with van der Waals surface area (Å²) in [7, 11) is -8.12. The van der Waals surface area contributed by atoms with Gasteiger partial charge in [-0.2, -0.15) is 8.42 Å². The number of halogens is 4. The summed E-state index contributed by atoms with van der Waals surface area (Å²) < 4.78 is 54.6. The summed E-state index contributed by atoms with van der Waals surface area (Å²) in [6, 6.07) is 7.96. The van der Waals surface area contributed by atoms with Gasteiger partial charge in [0.1, 0.15) is 0 Å². The second-order valence-corrected chi connectivity index (χ2v) is 38.7. The Bertz CT molecular complexity index is 2660. The van der Waals surface area contributed by atoms with Gasteiger partial charge in [-0.1, -0.05) is 85.4 Å². The van der Waals surface area contributed by atoms with Crippen LogP contribution in [0.15, 0.2) is 49.4 Å². The molecular weight excluding hydrogens is 1430 g/mol. The molecule has 25 nitrogen and oxygen atoms in total. The van der Waals surface area contributed by atoms with Gasteiger partial charge in [-0.3, -0.25) is 42.5 Å². The van der Waals surface area contributed by atoms with Crippen molar-refractivity contribution in [3.63, 3.8) is 0 Å². The van der Waals surface area contributed by atoms with Crippen molar-refractivity contribution in [2.75, 3.05) is 91.3 Å². The lowest BCUT2D eigenvalue weighted by atomic mass is 10.2. The Kier molecular flexibility index (Phi) is 40.2. The van der Waals surface area contributed by atoms with Crippen molar-refractivity contribution in [2.45, 2.75) is 210 Å². The Morgan fingerprint density at radius 2 is 1.20 bits per heavy atom. The number of hydrogen-bond acceptors (Lipinski definition) is 18. The summed E-state index contributed by atoms with van der Waals surface area (Å²) >= 11 is 8.35. The molecule has 0 aromatic heterocycles. The molecule has 0 aliphatic carbocycles. The zero-order valence-corrected chi connectivity index (χ0v) is 62.9. The number of rotatable bonds is 20. The molecule has 0 spiro atoms. The highest BCUT2D eigenvalue weighted by Gasteiger charge is 2.40. The molecule has 4 N–H and O–H groups in total. The molecule has 518 valence electrons. The van der Waals surface area contributed by atoms with E-state index in [-0.39, 0.29) is 70.6 Å². The summed E-state index contributed by atoms with van der Waals surface area (Å²) in [4.78, 5) is 73.7. The van der Waals surface area contributed by atoms with Crippen LogP contribution in [0.5, 0.6) is 0 Å². The van der Waals surface area contributed by atoms with Gasteiger partial charge >= 0.3 is 0 Å². The first-order valence-electron chi connectivity index (χ1n) is 31.7. The van der Waals surface area contributed by atoms with E-state index in [1.165, 1.54) is 49.6 Å². The van der Waals surface area contributed by atoms with Crippen LogP contribution in [0, 0.1) is 6.92 Å². The number of carbonyl (C=O) groups excluding carboxylic acids is 5. The highest BCUT2D eigenvalue weighted by atomic mass is 79.9. The first-order chi connectivity index (χ1) is 43.2. The van der Waals surface area contributed by atoms with E-state index in [2.05, 4.69) is 166 Å². The van der Waals surface area contributed by atoms with Gasteiger partial charge in [0.15, 0.2) is 16.6 Å². The SMILES string of the molecule is BrC[C@@H]1CCC2=NCCCN21.CC(C)(C)[Si](C)(C)OC[C@@H]1CCC(=O)N1.CC(C)(C)[Si](C)(C)OC[C@@H]1CCC(=O)N1CCCN=[N+]=[N-].Cc1ccc(S(=O)(=O)OCCCN=[N+]=[N-])cc1.O=C(Br)C(=O)Br.O=C1CC[C@@H](CO)N1.OC[C@@H]1CCC2=NCCCN21.[2H]CF. The lowest BCUT2D eigenvalue weighted by molar-refractivity contribution is -0.129. The molecule has 3 amide bonds. The molecule has 5 fully saturated rings. The minimum absolute atomic E-state index is 0.00916. The number of benzene rings is 1. The summed E-state index contributed by atoms with van der Waals surface area (Å²) in [5.41, 5.74) is 17.3. The molecule has 7 heterocycles. The first kappa shape index (κ1) is 83.2. The van der Waals surface area contributed by atoms with E-state index in [1.54, 1.807) is 12.1 Å². The van der Waals surface area contributed by atoms with Gasteiger partial charge in [-0.15, -0.1) is 0 Å². The van der Waals surface area contributed by atoms with Crippen molar-refractivity contribution in [2.24, 2.45) is 20.2 Å². The van der Waals surface area contributed by atoms with Crippen molar-refractivity contribution in [1.29, 1.82) is 0 Å². The predicted molar refractivity (Wildman–Crippen MR) is 371 cm³/mol. The summed E-state index contributed by atoms with van der Waals surface area (Å²) in [5, 5.41) is 31.4. The van der Waals surface area contributed by atoms with Crippen LogP contribution < -0.4 is 10.6 Å². The van der Waals surface area contributed by atoms with E-state index in [9.17, 15) is 36.8 Å². The molecule has 32 heteroatoms. The maximum atomic E-state index is 11.9. The number of aliphatic hydroxyl groups is 2. The van der Waals surface area contributed by atoms with Gasteiger partial charge in [0.25, 0.3) is 19.5 Å². The van der Waals surface area contributed by atoms with Crippen LogP contribution in [0.4, 0.5) is 4.39 Å². The molecule has 1 aromatic rings. The number of fused-ring (bicyclic) bond motifs is 2. The van der Waals surface area contributed by atoms with Crippen LogP contribution in [0.25, 0.3) is 20.9 Å². The average Bonchev–Trinajstić information content (AvgIpc) is 1.79. The fourth-order valence-electron chi connectivity index (χ4n) is 9.24. The number of amides is 3. The monoisotopic (exact) mass is 1530 g/mol. The van der Waals surface area contributed by atoms with Crippen LogP contribution in [0.3, 0.4) is 0 Å². The molecule has 1 aromatic carbocycles. The van der Waals surface area contributed by atoms with Crippen molar-refractivity contribution in [1.82, 2.24) is 25.3 Å². The molecule has 5 atom stereocenters. The van der Waals surface area contributed by atoms with E-state index >= 15 is 0 Å². The highest BCUT2D eigenvalue weighted by molar-refractivity contribution is 9.24. The fraction of sp³-hybridized carbons (Fsp3) is 0.780. The Labute approximate surface area is 568 Å². The van der Waals surface area contributed by atoms with Crippen molar-refractivity contribution < 1.29 is 61.4 Å².